The van der Waals surface area contributed by atoms with E-state index in [1.807, 2.05) is 56.3 Å². The highest BCUT2D eigenvalue weighted by atomic mass is 32.2. The van der Waals surface area contributed by atoms with Crippen LogP contribution in [0.15, 0.2) is 223 Å². The number of benzene rings is 6. The summed E-state index contributed by atoms with van der Waals surface area (Å²) in [5, 5.41) is 12.1. The van der Waals surface area contributed by atoms with Gasteiger partial charge in [0.25, 0.3) is 33.7 Å². The molecule has 0 radical (unpaired) electrons. The third kappa shape index (κ3) is 26.0. The third-order valence-corrected chi connectivity index (χ3v) is 29.5. The molecule has 6 N–H and O–H groups in total. The van der Waals surface area contributed by atoms with E-state index in [0.717, 1.165) is 148 Å². The van der Waals surface area contributed by atoms with Crippen LogP contribution >= 0.6 is 0 Å². The SMILES string of the molecule is C=C(OC)C1(CNC(=O)c2cnc3c(c2)CN(Cc2ccc(C(F)(F)F)cc2)[C@H]3C(C)C)CCOCC1.CC(C)[C@H]1c2ncc(C(=O)N[C@@H]3c4ccccc4C[C@H]3C)cc2CN1Cc1ccc(C(F)(F)F)cc1.CC(C)[C@H]1c2ncc(C(=O)N[C@H]3c4ccccc4C[C@@H]3C)cc2CN1Cc1ccc(C(F)(F)F)cc1.CCS(=O)(=O)N=CC(=CN)CNC(=O)c1cnc2c(c1)CN(Cc1ccc(C(F)(F)F)cc1)[C@H]2C(C)C. The Bertz CT molecular complexity index is 6310. The van der Waals surface area contributed by atoms with Gasteiger partial charge < -0.3 is 36.5 Å². The molecule has 0 spiro atoms. The van der Waals surface area contributed by atoms with Crippen molar-refractivity contribution in [1.29, 1.82) is 0 Å². The van der Waals surface area contributed by atoms with E-state index in [1.54, 1.807) is 31.8 Å². The second-order valence-corrected chi connectivity index (χ2v) is 42.1. The molecule has 0 unspecified atom stereocenters. The van der Waals surface area contributed by atoms with Crippen molar-refractivity contribution in [3.05, 3.63) is 353 Å². The molecule has 0 bridgehead atoms. The number of nitrogens with two attached hydrogens (primary N) is 1. The predicted molar refractivity (Wildman–Crippen MR) is 533 cm³/mol. The molecular formula is C111H124F12N14O8S. The summed E-state index contributed by atoms with van der Waals surface area (Å²) in [7, 11) is -1.98. The minimum atomic E-state index is -4.38. The molecule has 4 aromatic heterocycles. The maximum Gasteiger partial charge on any atom is 0.416 e. The lowest BCUT2D eigenvalue weighted by Gasteiger charge is -2.37. The summed E-state index contributed by atoms with van der Waals surface area (Å²) >= 11 is 0. The van der Waals surface area contributed by atoms with Gasteiger partial charge in [-0.2, -0.15) is 57.1 Å². The number of halogens is 12. The first-order valence-electron chi connectivity index (χ1n) is 49.0. The van der Waals surface area contributed by atoms with Gasteiger partial charge >= 0.3 is 24.7 Å². The Morgan fingerprint density at radius 3 is 1.04 bits per heavy atom. The molecule has 1 fully saturated rings. The number of amides is 4. The molecule has 7 aliphatic rings. The second-order valence-electron chi connectivity index (χ2n) is 40.1. The minimum Gasteiger partial charge on any atom is -0.501 e. The molecule has 10 aromatic rings. The van der Waals surface area contributed by atoms with Gasteiger partial charge in [0.15, 0.2) is 0 Å². The molecule has 6 aromatic carbocycles. The number of carbonyl (C=O) groups excluding carboxylic acids is 4. The van der Waals surface area contributed by atoms with Crippen LogP contribution in [0.5, 0.6) is 0 Å². The van der Waals surface area contributed by atoms with Gasteiger partial charge in [0.05, 0.1) is 122 Å². The summed E-state index contributed by atoms with van der Waals surface area (Å²) in [6.07, 6.45) is -5.45. The van der Waals surface area contributed by atoms with Crippen molar-refractivity contribution in [3.8, 4) is 0 Å². The molecule has 9 heterocycles. The number of nitrogens with one attached hydrogen (secondary N) is 4. The summed E-state index contributed by atoms with van der Waals surface area (Å²) in [4.78, 5) is 79.6. The van der Waals surface area contributed by atoms with Gasteiger partial charge in [-0.3, -0.25) is 58.7 Å². The van der Waals surface area contributed by atoms with E-state index < -0.39 is 62.9 Å². The van der Waals surface area contributed by atoms with Crippen molar-refractivity contribution >= 4 is 39.9 Å². The highest BCUT2D eigenvalue weighted by Crippen LogP contribution is 2.47. The quantitative estimate of drug-likeness (QED) is 0.0182. The Morgan fingerprint density at radius 2 is 0.760 bits per heavy atom. The van der Waals surface area contributed by atoms with Crippen LogP contribution in [0.4, 0.5) is 52.7 Å². The Morgan fingerprint density at radius 1 is 0.466 bits per heavy atom. The van der Waals surface area contributed by atoms with Gasteiger partial charge in [0, 0.05) is 127 Å². The van der Waals surface area contributed by atoms with Crippen molar-refractivity contribution in [2.45, 2.75) is 215 Å². The molecule has 5 aliphatic heterocycles. The van der Waals surface area contributed by atoms with E-state index >= 15 is 0 Å². The van der Waals surface area contributed by atoms with E-state index in [4.69, 9.17) is 25.2 Å². The van der Waals surface area contributed by atoms with E-state index in [0.29, 0.717) is 118 Å². The van der Waals surface area contributed by atoms with Crippen LogP contribution in [0, 0.1) is 40.9 Å². The molecule has 1 saturated heterocycles. The highest BCUT2D eigenvalue weighted by Gasteiger charge is 2.44. The number of hydrogen-bond donors (Lipinski definition) is 5. The topological polar surface area (TPSA) is 272 Å². The fraction of sp³-hybridized carbons (Fsp3) is 0.414. The van der Waals surface area contributed by atoms with Crippen molar-refractivity contribution < 1.29 is 89.8 Å². The zero-order valence-corrected chi connectivity index (χ0v) is 84.4. The number of fused-ring (bicyclic) bond motifs is 6. The lowest BCUT2D eigenvalue weighted by Crippen LogP contribution is -2.43. The molecule has 35 heteroatoms. The number of rotatable bonds is 27. The van der Waals surface area contributed by atoms with Crippen molar-refractivity contribution in [2.24, 2.45) is 51.1 Å². The van der Waals surface area contributed by atoms with Gasteiger partial charge in [-0.25, -0.2) is 8.42 Å². The Labute approximate surface area is 844 Å². The van der Waals surface area contributed by atoms with Crippen LogP contribution < -0.4 is 27.0 Å². The summed E-state index contributed by atoms with van der Waals surface area (Å²) in [5.74, 6) is 1.14. The molecule has 2 aliphatic carbocycles. The number of nitrogens with zero attached hydrogens (tertiary/aromatic N) is 9. The smallest absolute Gasteiger partial charge is 0.416 e. The average molecular weight is 2040 g/mol. The number of methoxy groups -OCH3 is 1. The van der Waals surface area contributed by atoms with E-state index in [1.165, 1.54) is 90.1 Å². The molecule has 776 valence electrons. The molecule has 22 nitrogen and oxygen atoms in total. The summed E-state index contributed by atoms with van der Waals surface area (Å²) < 4.78 is 193. The molecule has 4 amide bonds. The average Bonchev–Trinajstić information content (AvgIpc) is 1.66. The van der Waals surface area contributed by atoms with Crippen LogP contribution in [0.3, 0.4) is 0 Å². The van der Waals surface area contributed by atoms with Gasteiger partial charge in [0.1, 0.15) is 0 Å². The maximum atomic E-state index is 13.2. The highest BCUT2D eigenvalue weighted by molar-refractivity contribution is 7.90. The fourth-order valence-corrected chi connectivity index (χ4v) is 21.3. The van der Waals surface area contributed by atoms with Crippen LogP contribution in [0.25, 0.3) is 0 Å². The molecule has 8 atom stereocenters. The zero-order chi connectivity index (χ0) is 105. The number of aromatic nitrogens is 4. The van der Waals surface area contributed by atoms with E-state index in [-0.39, 0.29) is 95.4 Å². The molecule has 146 heavy (non-hydrogen) atoms. The number of alkyl halides is 12. The monoisotopic (exact) mass is 2040 g/mol. The first-order chi connectivity index (χ1) is 69.1. The lowest BCUT2D eigenvalue weighted by molar-refractivity contribution is -0.138. The molecule has 0 saturated carbocycles. The van der Waals surface area contributed by atoms with Crippen LogP contribution in [0.1, 0.15) is 278 Å². The fourth-order valence-electron chi connectivity index (χ4n) is 20.8. The lowest BCUT2D eigenvalue weighted by atomic mass is 9.78. The van der Waals surface area contributed by atoms with Crippen molar-refractivity contribution in [2.75, 3.05) is 39.2 Å². The first-order valence-corrected chi connectivity index (χ1v) is 50.6. The normalized spacial score (nSPS) is 19.8. The minimum absolute atomic E-state index is 0.00457. The third-order valence-electron chi connectivity index (χ3n) is 28.3. The van der Waals surface area contributed by atoms with Gasteiger partial charge in [-0.05, 0) is 208 Å². The van der Waals surface area contributed by atoms with E-state index in [2.05, 4.69) is 141 Å². The van der Waals surface area contributed by atoms with Crippen LogP contribution in [0.2, 0.25) is 0 Å². The standard InChI is InChI=1S/2C29H30F3N3O.C28H34F3N3O3.C25H30F3N5O3S/c2*1-17(2)27-26-22(16-35(27)15-19-8-10-23(11-9-19)29(30,31)32)13-21(14-33-26)28(36)34-25-18(3)12-20-6-4-5-7-24(20)25;1-18(2)25-24-22(16-34(25)15-20-5-7-23(8-6-20)28(29,30)31)13-21(14-32-24)26(35)33-17-27(19(3)36-4)9-11-37-12-10-27;1-4-37(35,36)32-12-18(10-29)11-31-24(34)19-9-20-15-33(23(16(2)3)22(20)30-13-19)14-17-5-7-21(8-6-17)25(26,27)28/h2*4-11,13-14,17-18,25,27H,12,15-16H2,1-3H3,(H,34,36);5-8,13-14,18,25H,3,9-12,15-17H2,1-2,4H3,(H,33,35);5-10,12-13,16,23H,4,11,14-15,29H2,1-3H3,(H,31,34)/t18-,25+,27+;18-,25+,27-;25-;23-/m1000/s1. The zero-order valence-electron chi connectivity index (χ0n) is 83.6. The van der Waals surface area contributed by atoms with Crippen LogP contribution in [-0.2, 0) is 109 Å². The van der Waals surface area contributed by atoms with Gasteiger partial charge in [-0.15, -0.1) is 0 Å². The van der Waals surface area contributed by atoms with Crippen molar-refractivity contribution in [3.63, 3.8) is 0 Å². The van der Waals surface area contributed by atoms with Crippen molar-refractivity contribution in [1.82, 2.24) is 60.8 Å². The van der Waals surface area contributed by atoms with Gasteiger partial charge in [0.2, 0.25) is 0 Å². The predicted octanol–water partition coefficient (Wildman–Crippen LogP) is 22.3. The first kappa shape index (κ1) is 109. The van der Waals surface area contributed by atoms with E-state index in [9.17, 15) is 80.3 Å². The summed E-state index contributed by atoms with van der Waals surface area (Å²) in [6.45, 7) is 32.3. The van der Waals surface area contributed by atoms with Gasteiger partial charge in [-0.1, -0.05) is 173 Å². The maximum absolute atomic E-state index is 13.2. The summed E-state index contributed by atoms with van der Waals surface area (Å²) in [6, 6.07) is 45.0. The Hall–Kier alpha value is -12.5. The Balaban J connectivity index is 0.000000154. The molecule has 17 rings (SSSR count). The number of sulfonamides is 1. The number of carbonyl (C=O) groups is 4. The summed E-state index contributed by atoms with van der Waals surface area (Å²) in [5.41, 5.74) is 20.2. The Kier molecular flexibility index (Phi) is 34.3. The van der Waals surface area contributed by atoms with Crippen LogP contribution in [-0.4, -0.2) is 117 Å². The molecular weight excluding hydrogens is 1920 g/mol. The second kappa shape index (κ2) is 45.8. The largest absolute Gasteiger partial charge is 0.501 e. The number of pyridine rings is 4. The number of hydrogen-bond acceptors (Lipinski definition) is 17. The number of ether oxygens (including phenoxy) is 2.